The molecular weight excluding hydrogens is 1840 g/mol. The lowest BCUT2D eigenvalue weighted by Crippen LogP contribution is -2.48. The zero-order valence-electron chi connectivity index (χ0n) is 77.5. The largest absolute Gasteiger partial charge is 0.489 e. The molecule has 14 heterocycles. The number of halogens is 4. The van der Waals surface area contributed by atoms with Crippen LogP contribution >= 0.6 is 46.4 Å². The summed E-state index contributed by atoms with van der Waals surface area (Å²) < 4.78 is 24.0. The molecule has 8 amide bonds. The Morgan fingerprint density at radius 3 is 0.971 bits per heavy atom. The van der Waals surface area contributed by atoms with E-state index in [1.54, 1.807) is 88.3 Å². The van der Waals surface area contributed by atoms with Crippen molar-refractivity contribution in [2.75, 3.05) is 189 Å². The summed E-state index contributed by atoms with van der Waals surface area (Å²) in [5, 5.41) is 15.2. The second-order valence-corrected chi connectivity index (χ2v) is 36.3. The highest BCUT2D eigenvalue weighted by Gasteiger charge is 2.40. The molecule has 8 aromatic carbocycles. The van der Waals surface area contributed by atoms with Crippen LogP contribution in [0.15, 0.2) is 231 Å². The maximum Gasteiger partial charge on any atom is 0.330 e. The first-order valence-corrected chi connectivity index (χ1v) is 47.5. The predicted molar refractivity (Wildman–Crippen MR) is 550 cm³/mol. The van der Waals surface area contributed by atoms with Crippen molar-refractivity contribution in [3.8, 4) is 17.2 Å². The molecule has 0 unspecified atom stereocenters. The fourth-order valence-electron chi connectivity index (χ4n) is 17.9. The first-order valence-electron chi connectivity index (χ1n) is 45.9. The van der Waals surface area contributed by atoms with Crippen LogP contribution in [0.3, 0.4) is 0 Å². The number of benzene rings is 8. The maximum absolute atomic E-state index is 13.8. The Kier molecular flexibility index (Phi) is 28.0. The number of anilines is 18. The number of nitrogens with zero attached hydrogens (tertiary/aromatic N) is 20. The Balaban J connectivity index is 0.000000119. The topological polar surface area (TPSA) is 295 Å². The van der Waals surface area contributed by atoms with Crippen molar-refractivity contribution in [2.45, 2.75) is 60.5 Å². The number of hydrogen-bond donors (Lipinski definition) is 4. The normalized spacial score (nSPS) is 17.7. The summed E-state index contributed by atoms with van der Waals surface area (Å²) in [5.74, 6) is 6.40. The third-order valence-electron chi connectivity index (χ3n) is 25.1. The zero-order valence-corrected chi connectivity index (χ0v) is 80.5. The van der Waals surface area contributed by atoms with Crippen molar-refractivity contribution < 1.29 is 38.1 Å². The van der Waals surface area contributed by atoms with Gasteiger partial charge in [0.15, 0.2) is 0 Å². The Bertz CT molecular complexity index is 6520. The number of carbonyl (C=O) groups is 4. The van der Waals surface area contributed by atoms with E-state index in [4.69, 9.17) is 80.3 Å². The fraction of sp³-hybridized carbons (Fsp3) is 0.262. The second-order valence-electron chi connectivity index (χ2n) is 34.7. The molecule has 22 rings (SSSR count). The van der Waals surface area contributed by atoms with Gasteiger partial charge in [-0.1, -0.05) is 144 Å². The van der Waals surface area contributed by atoms with Crippen LogP contribution in [0, 0.1) is 27.7 Å². The van der Waals surface area contributed by atoms with E-state index < -0.39 is 0 Å². The van der Waals surface area contributed by atoms with Crippen LogP contribution in [0.25, 0.3) is 0 Å². The minimum Gasteiger partial charge on any atom is -0.489 e. The molecule has 16 bridgehead atoms. The number of urea groups is 4. The van der Waals surface area contributed by atoms with Gasteiger partial charge < -0.3 is 59.8 Å². The van der Waals surface area contributed by atoms with Crippen molar-refractivity contribution in [1.82, 2.24) is 49.7 Å². The molecule has 0 atom stereocenters. The zero-order chi connectivity index (χ0) is 95.9. The van der Waals surface area contributed by atoms with E-state index in [0.29, 0.717) is 175 Å². The average molecular weight is 1950 g/mol. The number of hydrogen-bond acceptors (Lipinski definition) is 24. The number of carbonyl (C=O) groups excluding carboxylic acids is 4. The minimum atomic E-state index is -0.186. The highest BCUT2D eigenvalue weighted by Crippen LogP contribution is 2.45. The molecule has 10 aliphatic heterocycles. The van der Waals surface area contributed by atoms with E-state index >= 15 is 0 Å². The lowest BCUT2D eigenvalue weighted by molar-refractivity contribution is 0.148. The fourth-order valence-corrected chi connectivity index (χ4v) is 19.2. The molecule has 4 N–H and O–H groups in total. The number of aromatic nitrogens is 8. The Morgan fingerprint density at radius 2 is 0.626 bits per heavy atom. The summed E-state index contributed by atoms with van der Waals surface area (Å²) in [4.78, 5) is 114. The van der Waals surface area contributed by atoms with Gasteiger partial charge in [0.1, 0.15) is 60.3 Å². The van der Waals surface area contributed by atoms with Gasteiger partial charge in [-0.15, -0.1) is 0 Å². The quantitative estimate of drug-likeness (QED) is 0.112. The first kappa shape index (κ1) is 93.4. The minimum absolute atomic E-state index is 0.182. The van der Waals surface area contributed by atoms with Crippen molar-refractivity contribution in [3.05, 3.63) is 301 Å². The number of amides is 8. The third-order valence-corrected chi connectivity index (χ3v) is 26.3. The lowest BCUT2D eigenvalue weighted by atomic mass is 10.1. The molecule has 0 aliphatic carbocycles. The third kappa shape index (κ3) is 20.7. The number of para-hydroxylation sites is 4. The van der Waals surface area contributed by atoms with Crippen molar-refractivity contribution in [1.29, 1.82) is 0 Å². The molecule has 2 fully saturated rings. The SMILES string of the molecule is Cc1cccc(Cl)c1N1Cc2cnc3nc2N(C/C=C/COCc2cccc(c2)N3)C1=O.Cc1cccc(Cl)c1N1Cc2cnc3nc2N(C/C=C/COc2cc(ccc2N2CCN(C)CC2)N3)C1=O.Cc1cccc(Cl)c1N1Cc2cnc3nc2N(C/C=C\COc2cc(ccc2N2CCN(C)CC2)N3)C1=O.Cc1cccc(Cl)c1N1Cc2cnc3nc2N(C/C=C\COc2cccc(c2)N3)C1=O. The number of fused-ring (bicyclic) bond motifs is 12. The predicted octanol–water partition coefficient (Wildman–Crippen LogP) is 20.0. The van der Waals surface area contributed by atoms with E-state index in [0.717, 1.165) is 154 Å². The summed E-state index contributed by atoms with van der Waals surface area (Å²) in [7, 11) is 4.29. The van der Waals surface area contributed by atoms with Gasteiger partial charge in [-0.05, 0) is 161 Å². The van der Waals surface area contributed by atoms with Crippen molar-refractivity contribution >= 4 is 174 Å². The van der Waals surface area contributed by atoms with Gasteiger partial charge in [0.05, 0.1) is 93.6 Å². The lowest BCUT2D eigenvalue weighted by Gasteiger charge is -2.36. The van der Waals surface area contributed by atoms with Crippen LogP contribution in [0.1, 0.15) is 50.1 Å². The second kappa shape index (κ2) is 41.7. The molecule has 139 heavy (non-hydrogen) atoms. The van der Waals surface area contributed by atoms with Gasteiger partial charge >= 0.3 is 24.1 Å². The molecule has 4 aromatic heterocycles. The number of ether oxygens (including phenoxy) is 4. The van der Waals surface area contributed by atoms with Gasteiger partial charge in [0.2, 0.25) is 23.8 Å². The van der Waals surface area contributed by atoms with Crippen LogP contribution in [0.4, 0.5) is 123 Å². The molecular formula is C103H102Cl4N24O8. The van der Waals surface area contributed by atoms with Crippen molar-refractivity contribution in [3.63, 3.8) is 0 Å². The number of rotatable bonds is 6. The van der Waals surface area contributed by atoms with Crippen molar-refractivity contribution in [2.24, 2.45) is 0 Å². The molecule has 10 aliphatic rings. The van der Waals surface area contributed by atoms with Gasteiger partial charge in [-0.25, -0.2) is 39.1 Å². The molecule has 710 valence electrons. The summed E-state index contributed by atoms with van der Waals surface area (Å²) in [5.41, 5.74) is 16.4. The van der Waals surface area contributed by atoms with E-state index in [9.17, 15) is 19.2 Å². The van der Waals surface area contributed by atoms with Crippen LogP contribution in [-0.4, -0.2) is 193 Å². The summed E-state index contributed by atoms with van der Waals surface area (Å²) in [6.45, 7) is 20.5. The van der Waals surface area contributed by atoms with Crippen LogP contribution in [0.5, 0.6) is 17.2 Å². The molecule has 2 saturated heterocycles. The van der Waals surface area contributed by atoms with Gasteiger partial charge in [-0.3, -0.25) is 39.2 Å². The molecule has 0 radical (unpaired) electrons. The van der Waals surface area contributed by atoms with E-state index in [-0.39, 0.29) is 24.1 Å². The molecule has 36 heteroatoms. The van der Waals surface area contributed by atoms with Crippen LogP contribution < -0.4 is 84.5 Å². The number of piperazine rings is 2. The molecule has 0 spiro atoms. The number of nitrogens with one attached hydrogen (secondary N) is 4. The summed E-state index contributed by atoms with van der Waals surface area (Å²) in [6, 6.07) is 49.5. The first-order chi connectivity index (χ1) is 67.6. The maximum atomic E-state index is 13.8. The monoisotopic (exact) mass is 1940 g/mol. The Labute approximate surface area is 825 Å². The van der Waals surface area contributed by atoms with E-state index in [1.165, 1.54) is 0 Å². The standard InChI is InChI=1S/2C28H30ClN7O2.C24H22ClN5O2.C23H20ClN5O2/c2*1-19-6-5-7-22(29)25(19)36-18-20-17-30-27-31-21-8-9-23(34-13-11-33(2)12-14-34)24(16-21)38-15-4-3-10-35(28(36)37)26(20)32-27;1-16-6-4-9-20(25)21(16)30-14-18-13-26-23-27-19-8-5-7-17(12-19)15-32-11-3-2-10-29(24(30)31)22(18)28-23;1-15-6-4-9-19(24)20(15)29-14-16-13-25-22-26-17-7-5-8-18(12-17)31-11-3-2-10-28(23(29)30)21(16)27-22/h2*3-9,16-17H,10-15,18H2,1-2H3,(H,30,31,32);2-9,12-13H,10-11,14-15H2,1H3,(H,26,27,28);2-9,12-13H,10-11,14H2,1H3,(H,25,26,27)/b4-3+;4-3-;3-2+;3-2-. The number of likely N-dealkylation sites (N-methyl/N-ethyl adjacent to an activating group) is 2. The highest BCUT2D eigenvalue weighted by atomic mass is 35.5. The molecule has 0 saturated carbocycles. The van der Waals surface area contributed by atoms with E-state index in [1.807, 2.05) is 198 Å². The average Bonchev–Trinajstić information content (AvgIpc) is 1.11. The number of aryl methyl sites for hydroxylation is 4. The van der Waals surface area contributed by atoms with Gasteiger partial charge in [0, 0.05) is 167 Å². The van der Waals surface area contributed by atoms with Gasteiger partial charge in [-0.2, -0.15) is 19.9 Å². The Morgan fingerprint density at radius 1 is 0.317 bits per heavy atom. The van der Waals surface area contributed by atoms with Crippen LogP contribution in [-0.2, 0) is 37.5 Å². The molecule has 12 aromatic rings. The van der Waals surface area contributed by atoms with Crippen LogP contribution in [0.2, 0.25) is 20.1 Å². The van der Waals surface area contributed by atoms with Gasteiger partial charge in [0.25, 0.3) is 0 Å². The molecule has 32 nitrogen and oxygen atoms in total. The Hall–Kier alpha value is -14.6. The highest BCUT2D eigenvalue weighted by molar-refractivity contribution is 6.36. The van der Waals surface area contributed by atoms with E-state index in [2.05, 4.69) is 92.0 Å². The summed E-state index contributed by atoms with van der Waals surface area (Å²) in [6.07, 6.45) is 22.5. The smallest absolute Gasteiger partial charge is 0.330 e. The summed E-state index contributed by atoms with van der Waals surface area (Å²) >= 11 is 26.0.